The lowest BCUT2D eigenvalue weighted by Crippen LogP contribution is -2.67. The number of carboxylic acid groups (broad SMARTS) is 1. The van der Waals surface area contributed by atoms with E-state index in [4.69, 9.17) is 42.1 Å². The van der Waals surface area contributed by atoms with Gasteiger partial charge in [0, 0.05) is 29.5 Å². The fourth-order valence-corrected chi connectivity index (χ4v) is 8.67. The molecule has 48 heavy (non-hydrogen) atoms. The van der Waals surface area contributed by atoms with E-state index in [2.05, 4.69) is 9.80 Å². The fraction of sp³-hybridized carbons (Fsp3) is 0.429. The van der Waals surface area contributed by atoms with Crippen molar-refractivity contribution in [2.75, 3.05) is 56.6 Å². The molecule has 2 bridgehead atoms. The van der Waals surface area contributed by atoms with Crippen molar-refractivity contribution in [3.8, 4) is 16.9 Å². The number of methoxy groups -OCH3 is 1. The highest BCUT2D eigenvalue weighted by atomic mass is 35.5. The Hall–Kier alpha value is -3.61. The number of carbonyl (C=O) groups excluding carboxylic acids is 1. The van der Waals surface area contributed by atoms with Crippen LogP contribution >= 0.6 is 23.2 Å². The Bertz CT molecular complexity index is 1780. The smallest absolute Gasteiger partial charge is 0.337 e. The van der Waals surface area contributed by atoms with Crippen LogP contribution in [0.3, 0.4) is 0 Å². The molecule has 13 heteroatoms. The highest BCUT2D eigenvalue weighted by molar-refractivity contribution is 6.40. The van der Waals surface area contributed by atoms with E-state index >= 15 is 4.39 Å². The maximum Gasteiger partial charge on any atom is 0.337 e. The molecule has 1 spiro atoms. The second-order valence-corrected chi connectivity index (χ2v) is 13.9. The normalized spacial score (nSPS) is 24.0. The minimum Gasteiger partial charge on any atom is -0.478 e. The zero-order valence-corrected chi connectivity index (χ0v) is 27.7. The third-order valence-corrected chi connectivity index (χ3v) is 11.0. The number of morpholine rings is 1. The lowest BCUT2D eigenvalue weighted by Gasteiger charge is -2.50. The van der Waals surface area contributed by atoms with E-state index in [0.29, 0.717) is 55.5 Å². The number of benzene rings is 3. The molecule has 0 aliphatic carbocycles. The van der Waals surface area contributed by atoms with Crippen LogP contribution in [0, 0.1) is 5.82 Å². The maximum absolute atomic E-state index is 15.7. The van der Waals surface area contributed by atoms with Gasteiger partial charge in [0.05, 0.1) is 84.5 Å². The van der Waals surface area contributed by atoms with Gasteiger partial charge in [-0.05, 0) is 43.5 Å². The van der Waals surface area contributed by atoms with Crippen LogP contribution in [0.2, 0.25) is 10.0 Å². The van der Waals surface area contributed by atoms with Gasteiger partial charge in [0.1, 0.15) is 17.2 Å². The van der Waals surface area contributed by atoms with E-state index in [1.807, 2.05) is 6.07 Å². The van der Waals surface area contributed by atoms with Crippen LogP contribution in [0.5, 0.6) is 5.75 Å². The summed E-state index contributed by atoms with van der Waals surface area (Å²) in [6.07, 6.45) is 2.64. The Labute approximate surface area is 286 Å². The molecule has 4 fully saturated rings. The molecule has 0 saturated carbocycles. The fourth-order valence-electron chi connectivity index (χ4n) is 8.03. The number of ether oxygens (including phenoxy) is 4. The maximum atomic E-state index is 15.7. The first-order valence-electron chi connectivity index (χ1n) is 16.1. The molecule has 5 aliphatic rings. The van der Waals surface area contributed by atoms with Gasteiger partial charge in [0.2, 0.25) is 0 Å². The third-order valence-electron chi connectivity index (χ3n) is 10.4. The molecule has 3 atom stereocenters. The van der Waals surface area contributed by atoms with Crippen LogP contribution in [-0.4, -0.2) is 92.4 Å². The lowest BCUT2D eigenvalue weighted by molar-refractivity contribution is -0.0891. The number of fused-ring (bicyclic) bond motifs is 3. The van der Waals surface area contributed by atoms with Crippen LogP contribution in [0.25, 0.3) is 11.1 Å². The highest BCUT2D eigenvalue weighted by Gasteiger charge is 2.54. The predicted octanol–water partition coefficient (Wildman–Crippen LogP) is 5.85. The zero-order chi connectivity index (χ0) is 33.3. The van der Waals surface area contributed by atoms with Crippen molar-refractivity contribution in [1.29, 1.82) is 0 Å². The van der Waals surface area contributed by atoms with Crippen molar-refractivity contribution < 1.29 is 38.0 Å². The first kappa shape index (κ1) is 31.6. The monoisotopic (exact) mass is 697 g/mol. The number of halogens is 3. The number of anilines is 2. The number of carbonyl (C=O) groups is 2. The van der Waals surface area contributed by atoms with E-state index in [0.717, 1.165) is 31.0 Å². The van der Waals surface area contributed by atoms with Crippen LogP contribution in [0.4, 0.5) is 15.8 Å². The third kappa shape index (κ3) is 5.09. The highest BCUT2D eigenvalue weighted by Crippen LogP contribution is 2.45. The molecule has 8 rings (SSSR count). The number of hydrogen-bond donors (Lipinski definition) is 1. The Morgan fingerprint density at radius 3 is 2.44 bits per heavy atom. The number of para-hydroxylation sites is 1. The van der Waals surface area contributed by atoms with E-state index < -0.39 is 17.7 Å². The Morgan fingerprint density at radius 2 is 1.75 bits per heavy atom. The molecule has 0 radical (unpaired) electrons. The predicted molar refractivity (Wildman–Crippen MR) is 177 cm³/mol. The number of hydrogen-bond acceptors (Lipinski definition) is 8. The molecule has 2 unspecified atom stereocenters. The summed E-state index contributed by atoms with van der Waals surface area (Å²) in [5.41, 5.74) is 2.38. The van der Waals surface area contributed by atoms with Crippen molar-refractivity contribution in [2.45, 2.75) is 49.6 Å². The first-order valence-corrected chi connectivity index (χ1v) is 16.8. The van der Waals surface area contributed by atoms with Gasteiger partial charge in [-0.3, -0.25) is 4.79 Å². The minimum atomic E-state index is -1.19. The number of nitrogens with zero attached hydrogens (tertiary/aromatic N) is 3. The van der Waals surface area contributed by atoms with Crippen molar-refractivity contribution >= 4 is 46.5 Å². The van der Waals surface area contributed by atoms with Crippen LogP contribution in [-0.2, 0) is 20.8 Å². The standard InChI is InChI=1S/C35H34Cl2FN3O7/c1-45-30-7-8-48-35(30)16-40(17-35)22-9-26(36)31(27(37)10-22)33(42)39-13-19-3-2-4-23(32(19)47-18-39)24-12-29(25(34(43)44)11-28(24)38)41-20-5-6-21(41)15-46-14-20/h2-4,9-12,20-21,30H,5-8,13-18H2,1H3,(H,43,44)/t20?,21?,30-/m0/s1. The second-order valence-electron chi connectivity index (χ2n) is 13.1. The molecule has 10 nitrogen and oxygen atoms in total. The Kier molecular flexibility index (Phi) is 7.95. The summed E-state index contributed by atoms with van der Waals surface area (Å²) in [5.74, 6) is -1.82. The lowest BCUT2D eigenvalue weighted by atomic mass is 9.87. The molecule has 5 aliphatic heterocycles. The Balaban J connectivity index is 1.05. The van der Waals surface area contributed by atoms with Gasteiger partial charge in [-0.2, -0.15) is 0 Å². The molecule has 3 aromatic rings. The topological polar surface area (TPSA) is 101 Å². The van der Waals surface area contributed by atoms with E-state index in [-0.39, 0.29) is 63.8 Å². The SMILES string of the molecule is CO[C@H]1CCOC12CN(c1cc(Cl)c(C(=O)N3COc4c(cccc4-c4cc(N5C6CCC5COC6)c(C(=O)O)cc4F)C3)c(Cl)c1)C2. The van der Waals surface area contributed by atoms with Gasteiger partial charge < -0.3 is 38.8 Å². The first-order chi connectivity index (χ1) is 23.2. The number of amides is 1. The molecular weight excluding hydrogens is 664 g/mol. The van der Waals surface area contributed by atoms with Gasteiger partial charge in [-0.25, -0.2) is 9.18 Å². The molecule has 1 N–H and O–H groups in total. The summed E-state index contributed by atoms with van der Waals surface area (Å²) < 4.78 is 39.2. The van der Waals surface area contributed by atoms with Gasteiger partial charge in [0.25, 0.3) is 5.91 Å². The summed E-state index contributed by atoms with van der Waals surface area (Å²) in [7, 11) is 1.70. The number of rotatable bonds is 6. The summed E-state index contributed by atoms with van der Waals surface area (Å²) in [4.78, 5) is 31.7. The minimum absolute atomic E-state index is 0.0280. The number of carboxylic acids is 1. The van der Waals surface area contributed by atoms with Gasteiger partial charge in [0.15, 0.2) is 6.73 Å². The molecular formula is C35H34Cl2FN3O7. The van der Waals surface area contributed by atoms with Gasteiger partial charge in [-0.15, -0.1) is 0 Å². The molecule has 5 heterocycles. The summed E-state index contributed by atoms with van der Waals surface area (Å²) in [6, 6.07) is 11.6. The van der Waals surface area contributed by atoms with Crippen molar-refractivity contribution in [3.05, 3.63) is 75.0 Å². The Morgan fingerprint density at radius 1 is 1.02 bits per heavy atom. The van der Waals surface area contributed by atoms with Crippen LogP contribution < -0.4 is 14.5 Å². The number of aromatic carboxylic acids is 1. The van der Waals surface area contributed by atoms with Crippen molar-refractivity contribution in [2.24, 2.45) is 0 Å². The molecule has 252 valence electrons. The molecule has 0 aromatic heterocycles. The van der Waals surface area contributed by atoms with Gasteiger partial charge in [-0.1, -0.05) is 41.4 Å². The van der Waals surface area contributed by atoms with E-state index in [9.17, 15) is 14.7 Å². The van der Waals surface area contributed by atoms with Crippen LogP contribution in [0.15, 0.2) is 42.5 Å². The molecule has 4 saturated heterocycles. The average molecular weight is 699 g/mol. The molecule has 1 amide bonds. The largest absolute Gasteiger partial charge is 0.478 e. The second kappa shape index (κ2) is 12.1. The average Bonchev–Trinajstić information content (AvgIpc) is 3.60. The zero-order valence-electron chi connectivity index (χ0n) is 26.2. The van der Waals surface area contributed by atoms with E-state index in [1.165, 1.54) is 4.90 Å². The molecule has 3 aromatic carbocycles. The van der Waals surface area contributed by atoms with Crippen molar-refractivity contribution in [3.63, 3.8) is 0 Å². The van der Waals surface area contributed by atoms with E-state index in [1.54, 1.807) is 37.4 Å². The van der Waals surface area contributed by atoms with Crippen LogP contribution in [0.1, 0.15) is 45.5 Å². The summed E-state index contributed by atoms with van der Waals surface area (Å²) in [5, 5.41) is 10.4. The summed E-state index contributed by atoms with van der Waals surface area (Å²) >= 11 is 13.4. The quantitative estimate of drug-likeness (QED) is 0.340. The van der Waals surface area contributed by atoms with Gasteiger partial charge >= 0.3 is 5.97 Å². The van der Waals surface area contributed by atoms with Crippen molar-refractivity contribution in [1.82, 2.24) is 4.90 Å². The summed E-state index contributed by atoms with van der Waals surface area (Å²) in [6.45, 7) is 2.99.